The first kappa shape index (κ1) is 406. The number of rotatable bonds is 0. The van der Waals surface area contributed by atoms with E-state index >= 15 is 0 Å². The Balaban J connectivity index is 0. The standard InChI is InChI=1S/4O.W/q4*-2;. The van der Waals surface area contributed by atoms with Gasteiger partial charge in [-0.3, -0.25) is 0 Å². The Bertz CT molecular complexity index is 3.61. The number of hydrogen-bond acceptors (Lipinski definition) is 0. The maximum Gasteiger partial charge on any atom is 0 e. The van der Waals surface area contributed by atoms with Crippen LogP contribution in [0.1, 0.15) is 0 Å². The van der Waals surface area contributed by atoms with Crippen molar-refractivity contribution in [2.24, 2.45) is 0 Å². The molecule has 0 amide bonds. The molecule has 0 aromatic heterocycles. The van der Waals surface area contributed by atoms with Crippen LogP contribution in [0.15, 0.2) is 0 Å². The zero-order chi connectivity index (χ0) is 0. The summed E-state index contributed by atoms with van der Waals surface area (Å²) in [5.74, 6) is 0. The van der Waals surface area contributed by atoms with Crippen LogP contribution in [0.4, 0.5) is 0 Å². The van der Waals surface area contributed by atoms with E-state index < -0.39 is 0 Å². The molecule has 0 radical (unpaired) electrons. The van der Waals surface area contributed by atoms with E-state index in [-0.39, 0.29) is 43.0 Å². The fourth-order valence-corrected chi connectivity index (χ4v) is 0. The molecule has 4 nitrogen and oxygen atoms in total. The Morgan fingerprint density at radius 3 is 0.400 bits per heavy atom. The summed E-state index contributed by atoms with van der Waals surface area (Å²) >= 11 is 0. The second kappa shape index (κ2) is 202. The van der Waals surface area contributed by atoms with Gasteiger partial charge in [-0.05, 0) is 0 Å². The van der Waals surface area contributed by atoms with Crippen LogP contribution >= 0.6 is 0 Å². The van der Waals surface area contributed by atoms with E-state index in [0.717, 1.165) is 0 Å². The summed E-state index contributed by atoms with van der Waals surface area (Å²) in [6, 6.07) is 0. The molecule has 0 aliphatic carbocycles. The van der Waals surface area contributed by atoms with Crippen molar-refractivity contribution in [3.8, 4) is 0 Å². The average molecular weight is 248 g/mol. The van der Waals surface area contributed by atoms with Crippen molar-refractivity contribution in [3.05, 3.63) is 0 Å². The molecule has 0 unspecified atom stereocenters. The maximum atomic E-state index is 0. The molecular weight excluding hydrogens is 248 g/mol. The Morgan fingerprint density at radius 2 is 0.400 bits per heavy atom. The van der Waals surface area contributed by atoms with Crippen molar-refractivity contribution in [3.63, 3.8) is 0 Å². The van der Waals surface area contributed by atoms with E-state index in [4.69, 9.17) is 0 Å². The maximum absolute atomic E-state index is 0. The quantitative estimate of drug-likeness (QED) is 0.550. The predicted molar refractivity (Wildman–Crippen MR) is 2.75 cm³/mol. The van der Waals surface area contributed by atoms with Crippen LogP contribution in [0.2, 0.25) is 0 Å². The molecule has 0 saturated carbocycles. The second-order valence-electron chi connectivity index (χ2n) is 0. The van der Waals surface area contributed by atoms with Gasteiger partial charge in [0.25, 0.3) is 0 Å². The third-order valence-electron chi connectivity index (χ3n) is 0. The second-order valence-corrected chi connectivity index (χ2v) is 0. The van der Waals surface area contributed by atoms with Crippen molar-refractivity contribution in [2.75, 3.05) is 0 Å². The topological polar surface area (TPSA) is 114 Å². The molecule has 0 aliphatic rings. The fraction of sp³-hybridized carbons (Fsp3) is 0. The van der Waals surface area contributed by atoms with Gasteiger partial charge in [0.05, 0.1) is 0 Å². The number of hydrogen-bond donors (Lipinski definition) is 0. The van der Waals surface area contributed by atoms with E-state index in [1.165, 1.54) is 0 Å². The Kier molecular flexibility index (Phi) is 16400. The van der Waals surface area contributed by atoms with Crippen LogP contribution < -0.4 is 0 Å². The molecule has 0 aliphatic heterocycles. The largest absolute Gasteiger partial charge is 2.00 e. The summed E-state index contributed by atoms with van der Waals surface area (Å²) < 4.78 is 0. The average Bonchev–Trinajstić information content (AvgIpc) is 0. The minimum absolute atomic E-state index is 0. The molecule has 0 rings (SSSR count). The molecule has 0 fully saturated rings. The molecule has 38 valence electrons. The van der Waals surface area contributed by atoms with Crippen molar-refractivity contribution in [1.29, 1.82) is 0 Å². The smallest absolute Gasteiger partial charge is 0 e. The molecular formula is O4W-8. The molecule has 0 atom stereocenters. The van der Waals surface area contributed by atoms with Crippen LogP contribution in [0, 0.1) is 0 Å². The first-order chi connectivity index (χ1) is 0. The molecule has 0 bridgehead atoms. The monoisotopic (exact) mass is 248 g/mol. The van der Waals surface area contributed by atoms with Crippen LogP contribution in [0.5, 0.6) is 0 Å². The summed E-state index contributed by atoms with van der Waals surface area (Å²) in [5, 5.41) is 0. The fourth-order valence-electron chi connectivity index (χ4n) is 0. The molecule has 5 heteroatoms. The van der Waals surface area contributed by atoms with Gasteiger partial charge in [-0.1, -0.05) is 0 Å². The zero-order valence-corrected chi connectivity index (χ0v) is 4.97. The molecule has 5 heavy (non-hydrogen) atoms. The van der Waals surface area contributed by atoms with Gasteiger partial charge in [-0.2, -0.15) is 0 Å². The normalized spacial score (nSPS) is 0. The molecule has 0 heterocycles. The van der Waals surface area contributed by atoms with E-state index in [1.807, 2.05) is 0 Å². The predicted octanol–water partition coefficient (Wildman–Crippen LogP) is -0.478. The van der Waals surface area contributed by atoms with Gasteiger partial charge in [0.2, 0.25) is 0 Å². The van der Waals surface area contributed by atoms with Crippen molar-refractivity contribution < 1.29 is 43.0 Å². The van der Waals surface area contributed by atoms with Crippen molar-refractivity contribution in [1.82, 2.24) is 0 Å². The van der Waals surface area contributed by atoms with Crippen LogP contribution in [-0.4, -0.2) is 0 Å². The van der Waals surface area contributed by atoms with Gasteiger partial charge in [-0.25, -0.2) is 0 Å². The SMILES string of the molecule is [O-2].[O-2].[O-2].[O-2].[W]. The van der Waals surface area contributed by atoms with Gasteiger partial charge in [0.1, 0.15) is 0 Å². The van der Waals surface area contributed by atoms with Crippen molar-refractivity contribution >= 4 is 0 Å². The van der Waals surface area contributed by atoms with Crippen molar-refractivity contribution in [2.45, 2.75) is 0 Å². The van der Waals surface area contributed by atoms with Crippen LogP contribution in [-0.2, 0) is 43.0 Å². The zero-order valence-electron chi connectivity index (χ0n) is 2.04. The summed E-state index contributed by atoms with van der Waals surface area (Å²) in [4.78, 5) is 0. The van der Waals surface area contributed by atoms with Gasteiger partial charge >= 0.3 is 0 Å². The van der Waals surface area contributed by atoms with Gasteiger partial charge in [-0.15, -0.1) is 0 Å². The van der Waals surface area contributed by atoms with E-state index in [2.05, 4.69) is 0 Å². The summed E-state index contributed by atoms with van der Waals surface area (Å²) in [5.41, 5.74) is 0. The molecule has 0 aromatic carbocycles. The van der Waals surface area contributed by atoms with Gasteiger partial charge in [0, 0.05) is 21.1 Å². The van der Waals surface area contributed by atoms with Gasteiger partial charge in [0.15, 0.2) is 0 Å². The van der Waals surface area contributed by atoms with E-state index in [0.29, 0.717) is 0 Å². The van der Waals surface area contributed by atoms with Crippen LogP contribution in [0.25, 0.3) is 0 Å². The Hall–Kier alpha value is 0.528. The molecule has 0 N–H and O–H groups in total. The Labute approximate surface area is 43.7 Å². The Morgan fingerprint density at radius 1 is 0.400 bits per heavy atom. The third-order valence-corrected chi connectivity index (χ3v) is 0. The van der Waals surface area contributed by atoms with Crippen LogP contribution in [0.3, 0.4) is 0 Å². The minimum atomic E-state index is 0. The molecule has 0 spiro atoms. The van der Waals surface area contributed by atoms with E-state index in [1.54, 1.807) is 0 Å². The first-order valence-corrected chi connectivity index (χ1v) is 0. The summed E-state index contributed by atoms with van der Waals surface area (Å²) in [6.07, 6.45) is 0. The third kappa shape index (κ3) is 104. The van der Waals surface area contributed by atoms with Gasteiger partial charge < -0.3 is 21.9 Å². The first-order valence-electron chi connectivity index (χ1n) is 0. The summed E-state index contributed by atoms with van der Waals surface area (Å²) in [7, 11) is 0. The molecule has 0 saturated heterocycles. The van der Waals surface area contributed by atoms with E-state index in [9.17, 15) is 0 Å². The minimum Gasteiger partial charge on any atom is -2.00 e. The molecule has 0 aromatic rings. The summed E-state index contributed by atoms with van der Waals surface area (Å²) in [6.45, 7) is 0.